The number of hydrogen-bond acceptors (Lipinski definition) is 7. The zero-order valence-electron chi connectivity index (χ0n) is 24.1. The van der Waals surface area contributed by atoms with Crippen molar-refractivity contribution in [1.82, 2.24) is 19.4 Å². The SMILES string of the molecule is COCC(=O)N1CCN(Cc2ccc(OCCn3ccnc3C(C)C)cc2)C[C@@](O)(COc2ccc(C)cc2)C1. The summed E-state index contributed by atoms with van der Waals surface area (Å²) >= 11 is 0. The van der Waals surface area contributed by atoms with Crippen molar-refractivity contribution in [2.45, 2.75) is 45.4 Å². The Kier molecular flexibility index (Phi) is 10.2. The first kappa shape index (κ1) is 29.6. The number of methoxy groups -OCH3 is 1. The van der Waals surface area contributed by atoms with Crippen LogP contribution in [0.1, 0.15) is 36.7 Å². The number of hydrogen-bond donors (Lipinski definition) is 1. The summed E-state index contributed by atoms with van der Waals surface area (Å²) in [5, 5.41) is 11.6. The lowest BCUT2D eigenvalue weighted by Crippen LogP contribution is -2.52. The fourth-order valence-corrected chi connectivity index (χ4v) is 4.97. The Hall–Kier alpha value is -3.40. The van der Waals surface area contributed by atoms with Crippen LogP contribution in [0, 0.1) is 6.92 Å². The first-order chi connectivity index (χ1) is 19.2. The highest BCUT2D eigenvalue weighted by atomic mass is 16.5. The van der Waals surface area contributed by atoms with Gasteiger partial charge < -0.3 is 28.8 Å². The standard InChI is InChI=1S/C31H42N4O5/c1-24(2)30-32-13-14-34(30)17-18-39-27-11-7-26(8-12-27)19-33-15-16-35(29(36)20-38-4)22-31(37,21-33)23-40-28-9-5-25(3)6-10-28/h5-14,24,37H,15-23H2,1-4H3/t31-/m0/s1. The van der Waals surface area contributed by atoms with Gasteiger partial charge in [0.2, 0.25) is 5.91 Å². The number of rotatable bonds is 12. The van der Waals surface area contributed by atoms with Gasteiger partial charge in [-0.1, -0.05) is 43.7 Å². The maximum Gasteiger partial charge on any atom is 0.248 e. The normalized spacial score (nSPS) is 18.1. The Morgan fingerprint density at radius 3 is 2.42 bits per heavy atom. The van der Waals surface area contributed by atoms with E-state index < -0.39 is 5.60 Å². The van der Waals surface area contributed by atoms with Gasteiger partial charge in [-0.25, -0.2) is 4.98 Å². The zero-order valence-corrected chi connectivity index (χ0v) is 24.1. The number of ether oxygens (including phenoxy) is 3. The molecule has 1 fully saturated rings. The van der Waals surface area contributed by atoms with E-state index in [4.69, 9.17) is 14.2 Å². The van der Waals surface area contributed by atoms with Gasteiger partial charge in [-0.2, -0.15) is 0 Å². The molecule has 4 rings (SSSR count). The van der Waals surface area contributed by atoms with Crippen LogP contribution < -0.4 is 9.47 Å². The molecule has 0 spiro atoms. The van der Waals surface area contributed by atoms with Gasteiger partial charge in [0.15, 0.2) is 0 Å². The van der Waals surface area contributed by atoms with E-state index in [2.05, 4.69) is 28.3 Å². The second kappa shape index (κ2) is 13.8. The smallest absolute Gasteiger partial charge is 0.248 e. The van der Waals surface area contributed by atoms with Crippen LogP contribution in [0.4, 0.5) is 0 Å². The van der Waals surface area contributed by atoms with Gasteiger partial charge in [0, 0.05) is 51.6 Å². The van der Waals surface area contributed by atoms with Crippen molar-refractivity contribution in [2.24, 2.45) is 0 Å². The van der Waals surface area contributed by atoms with Gasteiger partial charge in [-0.05, 0) is 36.8 Å². The summed E-state index contributed by atoms with van der Waals surface area (Å²) in [4.78, 5) is 20.9. The highest BCUT2D eigenvalue weighted by molar-refractivity contribution is 5.77. The zero-order chi connectivity index (χ0) is 28.5. The molecule has 2 heterocycles. The number of carbonyl (C=O) groups is 1. The molecule has 9 heteroatoms. The van der Waals surface area contributed by atoms with E-state index in [0.29, 0.717) is 44.5 Å². The summed E-state index contributed by atoms with van der Waals surface area (Å²) in [6.07, 6.45) is 3.81. The van der Waals surface area contributed by atoms with Gasteiger partial charge in [0.1, 0.15) is 42.7 Å². The molecule has 216 valence electrons. The number of aliphatic hydroxyl groups is 1. The quantitative estimate of drug-likeness (QED) is 0.369. The molecule has 0 bridgehead atoms. The number of nitrogens with zero attached hydrogens (tertiary/aromatic N) is 4. The monoisotopic (exact) mass is 550 g/mol. The molecule has 0 aliphatic carbocycles. The number of aromatic nitrogens is 2. The molecule has 3 aromatic rings. The fourth-order valence-electron chi connectivity index (χ4n) is 4.97. The van der Waals surface area contributed by atoms with Crippen molar-refractivity contribution in [3.8, 4) is 11.5 Å². The van der Waals surface area contributed by atoms with E-state index in [1.807, 2.05) is 67.8 Å². The lowest BCUT2D eigenvalue weighted by atomic mass is 10.0. The van der Waals surface area contributed by atoms with E-state index in [9.17, 15) is 9.90 Å². The van der Waals surface area contributed by atoms with Crippen LogP contribution in [0.2, 0.25) is 0 Å². The van der Waals surface area contributed by atoms with Crippen LogP contribution in [0.3, 0.4) is 0 Å². The van der Waals surface area contributed by atoms with E-state index >= 15 is 0 Å². The molecule has 2 aromatic carbocycles. The molecule has 0 saturated carbocycles. The highest BCUT2D eigenvalue weighted by Gasteiger charge is 2.37. The minimum absolute atomic E-state index is 0.0179. The van der Waals surface area contributed by atoms with E-state index in [0.717, 1.165) is 29.2 Å². The summed E-state index contributed by atoms with van der Waals surface area (Å²) in [5.41, 5.74) is 0.996. The Labute approximate surface area is 237 Å². The van der Waals surface area contributed by atoms with Crippen molar-refractivity contribution >= 4 is 5.91 Å². The molecular weight excluding hydrogens is 508 g/mol. The fraction of sp³-hybridized carbons (Fsp3) is 0.484. The van der Waals surface area contributed by atoms with Gasteiger partial charge in [0.25, 0.3) is 0 Å². The van der Waals surface area contributed by atoms with Gasteiger partial charge in [-0.15, -0.1) is 0 Å². The van der Waals surface area contributed by atoms with Crippen LogP contribution in [0.5, 0.6) is 11.5 Å². The van der Waals surface area contributed by atoms with Gasteiger partial charge in [-0.3, -0.25) is 9.69 Å². The molecule has 1 saturated heterocycles. The predicted octanol–water partition coefficient (Wildman–Crippen LogP) is 3.49. The maximum absolute atomic E-state index is 12.7. The summed E-state index contributed by atoms with van der Waals surface area (Å²) in [7, 11) is 1.50. The number of aryl methyl sites for hydroxylation is 1. The molecule has 0 unspecified atom stereocenters. The van der Waals surface area contributed by atoms with Crippen molar-refractivity contribution in [3.05, 3.63) is 77.9 Å². The summed E-state index contributed by atoms with van der Waals surface area (Å²) in [6, 6.07) is 15.8. The van der Waals surface area contributed by atoms with Crippen LogP contribution >= 0.6 is 0 Å². The topological polar surface area (TPSA) is 89.3 Å². The van der Waals surface area contributed by atoms with E-state index in [1.54, 1.807) is 4.90 Å². The number of amides is 1. The molecule has 1 N–H and O–H groups in total. The third-order valence-electron chi connectivity index (χ3n) is 7.03. The summed E-state index contributed by atoms with van der Waals surface area (Å²) < 4.78 is 19.2. The molecule has 1 aliphatic rings. The average molecular weight is 551 g/mol. The first-order valence-electron chi connectivity index (χ1n) is 13.9. The Morgan fingerprint density at radius 2 is 1.73 bits per heavy atom. The Balaban J connectivity index is 1.36. The summed E-state index contributed by atoms with van der Waals surface area (Å²) in [5.74, 6) is 2.78. The van der Waals surface area contributed by atoms with Crippen molar-refractivity contribution < 1.29 is 24.1 Å². The predicted molar refractivity (Wildman–Crippen MR) is 154 cm³/mol. The number of benzene rings is 2. The molecule has 40 heavy (non-hydrogen) atoms. The molecular formula is C31H42N4O5. The first-order valence-corrected chi connectivity index (χ1v) is 13.9. The van der Waals surface area contributed by atoms with Crippen LogP contribution in [0.15, 0.2) is 60.9 Å². The Bertz CT molecular complexity index is 1210. The maximum atomic E-state index is 12.7. The number of β-amino-alcohol motifs (C(OH)–C–C–N with tert-alkyl or cyclic N) is 1. The lowest BCUT2D eigenvalue weighted by molar-refractivity contribution is -0.138. The largest absolute Gasteiger partial charge is 0.492 e. The van der Waals surface area contributed by atoms with E-state index in [-0.39, 0.29) is 25.7 Å². The average Bonchev–Trinajstić information content (AvgIpc) is 3.34. The molecule has 1 atom stereocenters. The molecule has 0 radical (unpaired) electrons. The third kappa shape index (κ3) is 8.30. The van der Waals surface area contributed by atoms with E-state index in [1.165, 1.54) is 7.11 Å². The molecule has 1 aliphatic heterocycles. The highest BCUT2D eigenvalue weighted by Crippen LogP contribution is 2.21. The number of carbonyl (C=O) groups excluding carboxylic acids is 1. The second-order valence-electron chi connectivity index (χ2n) is 10.9. The van der Waals surface area contributed by atoms with Crippen molar-refractivity contribution in [3.63, 3.8) is 0 Å². The van der Waals surface area contributed by atoms with Gasteiger partial charge >= 0.3 is 0 Å². The second-order valence-corrected chi connectivity index (χ2v) is 10.9. The minimum Gasteiger partial charge on any atom is -0.492 e. The van der Waals surface area contributed by atoms with Crippen molar-refractivity contribution in [1.29, 1.82) is 0 Å². The molecule has 9 nitrogen and oxygen atoms in total. The molecule has 1 aromatic heterocycles. The van der Waals surface area contributed by atoms with Crippen LogP contribution in [0.25, 0.3) is 0 Å². The number of imidazole rings is 1. The van der Waals surface area contributed by atoms with Gasteiger partial charge in [0.05, 0.1) is 13.1 Å². The third-order valence-corrected chi connectivity index (χ3v) is 7.03. The van der Waals surface area contributed by atoms with Crippen molar-refractivity contribution in [2.75, 3.05) is 53.1 Å². The van der Waals surface area contributed by atoms with Crippen LogP contribution in [-0.2, 0) is 22.6 Å². The summed E-state index contributed by atoms with van der Waals surface area (Å²) in [6.45, 7) is 9.95. The lowest BCUT2D eigenvalue weighted by Gasteiger charge is -2.33. The Morgan fingerprint density at radius 1 is 1.02 bits per heavy atom. The molecule has 1 amide bonds. The minimum atomic E-state index is -1.24. The van der Waals surface area contributed by atoms with Crippen LogP contribution in [-0.4, -0.2) is 89.1 Å².